The molecule has 0 bridgehead atoms. The van der Waals surface area contributed by atoms with Crippen molar-refractivity contribution in [1.29, 1.82) is 0 Å². The highest BCUT2D eigenvalue weighted by Gasteiger charge is 2.06. The minimum atomic E-state index is -1.18. The first kappa shape index (κ1) is 14.2. The molecule has 0 aliphatic heterocycles. The largest absolute Gasteiger partial charge is 0.516 e. The zero-order chi connectivity index (χ0) is 12.4. The number of hydrogen-bond donors (Lipinski definition) is 4. The standard InChI is InChI=1S/C8H8O.C3H7NO3/c9-7-6-8-4-2-1-3-5-8;4-2(1-5)3(6)7/h1-7,9H;2,5H,1,4H2,(H,6,7)/t;2-/m.0/s1. The van der Waals surface area contributed by atoms with Crippen molar-refractivity contribution >= 4 is 12.0 Å². The maximum Gasteiger partial charge on any atom is 0.322 e. The molecule has 0 aliphatic rings. The third-order valence-corrected chi connectivity index (χ3v) is 1.58. The van der Waals surface area contributed by atoms with Crippen LogP contribution in [0.25, 0.3) is 6.08 Å². The van der Waals surface area contributed by atoms with E-state index in [9.17, 15) is 4.79 Å². The van der Waals surface area contributed by atoms with E-state index in [2.05, 4.69) is 0 Å². The third kappa shape index (κ3) is 6.58. The fourth-order valence-corrected chi connectivity index (χ4v) is 0.728. The summed E-state index contributed by atoms with van der Waals surface area (Å²) in [6.07, 6.45) is 2.68. The molecule has 1 aromatic rings. The Kier molecular flexibility index (Phi) is 7.48. The highest BCUT2D eigenvalue weighted by molar-refractivity contribution is 5.73. The molecule has 88 valence electrons. The van der Waals surface area contributed by atoms with Gasteiger partial charge in [-0.1, -0.05) is 30.3 Å². The molecule has 5 nitrogen and oxygen atoms in total. The van der Waals surface area contributed by atoms with Gasteiger partial charge >= 0.3 is 5.97 Å². The van der Waals surface area contributed by atoms with Gasteiger partial charge < -0.3 is 21.1 Å². The number of aliphatic carboxylic acids is 1. The van der Waals surface area contributed by atoms with Crippen molar-refractivity contribution in [2.24, 2.45) is 5.73 Å². The molecule has 0 heterocycles. The SMILES string of the molecule is N[C@@H](CO)C(=O)O.OC=Cc1ccccc1. The van der Waals surface area contributed by atoms with E-state index < -0.39 is 18.6 Å². The molecule has 1 rings (SSSR count). The van der Waals surface area contributed by atoms with Gasteiger partial charge in [0.25, 0.3) is 0 Å². The maximum absolute atomic E-state index is 9.65. The van der Waals surface area contributed by atoms with Gasteiger partial charge in [0.15, 0.2) is 0 Å². The summed E-state index contributed by atoms with van der Waals surface area (Å²) in [4.78, 5) is 9.65. The topological polar surface area (TPSA) is 104 Å². The number of rotatable bonds is 3. The van der Waals surface area contributed by atoms with E-state index in [1.165, 1.54) is 0 Å². The van der Waals surface area contributed by atoms with Crippen LogP contribution in [-0.4, -0.2) is 33.9 Å². The highest BCUT2D eigenvalue weighted by atomic mass is 16.4. The van der Waals surface area contributed by atoms with E-state index in [0.717, 1.165) is 11.8 Å². The molecule has 5 N–H and O–H groups in total. The van der Waals surface area contributed by atoms with Crippen molar-refractivity contribution in [3.8, 4) is 0 Å². The number of carbonyl (C=O) groups is 1. The van der Waals surface area contributed by atoms with Gasteiger partial charge in [0.1, 0.15) is 6.04 Å². The second-order valence-corrected chi connectivity index (χ2v) is 2.85. The Morgan fingerprint density at radius 3 is 2.25 bits per heavy atom. The number of carboxylic acids is 1. The number of nitrogens with two attached hydrogens (primary N) is 1. The molecule has 1 aromatic carbocycles. The van der Waals surface area contributed by atoms with Crippen molar-refractivity contribution in [3.05, 3.63) is 42.2 Å². The molecule has 0 amide bonds. The Bertz CT molecular complexity index is 324. The summed E-state index contributed by atoms with van der Waals surface area (Å²) < 4.78 is 0. The summed E-state index contributed by atoms with van der Waals surface area (Å²) in [6, 6.07) is 8.51. The Labute approximate surface area is 93.5 Å². The molecular formula is C11H15NO4. The average Bonchev–Trinajstić information content (AvgIpc) is 2.30. The second-order valence-electron chi connectivity index (χ2n) is 2.85. The molecule has 5 heteroatoms. The zero-order valence-electron chi connectivity index (χ0n) is 8.65. The van der Waals surface area contributed by atoms with Crippen LogP contribution in [0.15, 0.2) is 36.6 Å². The lowest BCUT2D eigenvalue weighted by Crippen LogP contribution is -2.33. The smallest absolute Gasteiger partial charge is 0.322 e. The number of benzene rings is 1. The van der Waals surface area contributed by atoms with E-state index in [0.29, 0.717) is 0 Å². The summed E-state index contributed by atoms with van der Waals surface area (Å²) in [5.41, 5.74) is 5.78. The molecule has 0 unspecified atom stereocenters. The van der Waals surface area contributed by atoms with E-state index in [1.54, 1.807) is 6.08 Å². The van der Waals surface area contributed by atoms with Crippen LogP contribution in [0, 0.1) is 0 Å². The van der Waals surface area contributed by atoms with Gasteiger partial charge in [-0.2, -0.15) is 0 Å². The Morgan fingerprint density at radius 2 is 1.94 bits per heavy atom. The van der Waals surface area contributed by atoms with Crippen LogP contribution < -0.4 is 5.73 Å². The quantitative estimate of drug-likeness (QED) is 0.564. The van der Waals surface area contributed by atoms with E-state index in [-0.39, 0.29) is 0 Å². The van der Waals surface area contributed by atoms with Crippen molar-refractivity contribution in [3.63, 3.8) is 0 Å². The summed E-state index contributed by atoms with van der Waals surface area (Å²) in [5.74, 6) is -1.18. The lowest BCUT2D eigenvalue weighted by Gasteiger charge is -1.96. The minimum Gasteiger partial charge on any atom is -0.516 e. The predicted octanol–water partition coefficient (Wildman–Crippen LogP) is 0.606. The van der Waals surface area contributed by atoms with Crippen molar-refractivity contribution in [2.45, 2.75) is 6.04 Å². The first-order valence-corrected chi connectivity index (χ1v) is 4.57. The van der Waals surface area contributed by atoms with Gasteiger partial charge in [0.2, 0.25) is 0 Å². The van der Waals surface area contributed by atoms with Crippen LogP contribution in [0.1, 0.15) is 5.56 Å². The van der Waals surface area contributed by atoms with Gasteiger partial charge in [0.05, 0.1) is 12.9 Å². The lowest BCUT2D eigenvalue weighted by molar-refractivity contribution is -0.139. The Hall–Kier alpha value is -1.85. The second kappa shape index (κ2) is 8.46. The molecule has 1 atom stereocenters. The molecule has 0 radical (unpaired) electrons. The monoisotopic (exact) mass is 225 g/mol. The van der Waals surface area contributed by atoms with Gasteiger partial charge in [-0.15, -0.1) is 0 Å². The van der Waals surface area contributed by atoms with Gasteiger partial charge in [-0.25, -0.2) is 0 Å². The van der Waals surface area contributed by atoms with E-state index in [4.69, 9.17) is 21.1 Å². The molecular weight excluding hydrogens is 210 g/mol. The maximum atomic E-state index is 9.65. The van der Waals surface area contributed by atoms with Crippen LogP contribution in [0.4, 0.5) is 0 Å². The summed E-state index contributed by atoms with van der Waals surface area (Å²) in [5, 5.41) is 24.2. The zero-order valence-corrected chi connectivity index (χ0v) is 8.65. The third-order valence-electron chi connectivity index (χ3n) is 1.58. The predicted molar refractivity (Wildman–Crippen MR) is 60.8 cm³/mol. The van der Waals surface area contributed by atoms with Crippen molar-refractivity contribution in [2.75, 3.05) is 6.61 Å². The fourth-order valence-electron chi connectivity index (χ4n) is 0.728. The highest BCUT2D eigenvalue weighted by Crippen LogP contribution is 1.98. The summed E-state index contributed by atoms with van der Waals surface area (Å²) in [6.45, 7) is -0.505. The fraction of sp³-hybridized carbons (Fsp3) is 0.182. The summed E-state index contributed by atoms with van der Waals surface area (Å²) >= 11 is 0. The van der Waals surface area contributed by atoms with Crippen molar-refractivity contribution < 1.29 is 20.1 Å². The lowest BCUT2D eigenvalue weighted by atomic mass is 10.2. The van der Waals surface area contributed by atoms with Crippen molar-refractivity contribution in [1.82, 2.24) is 0 Å². The van der Waals surface area contributed by atoms with Gasteiger partial charge in [-0.05, 0) is 11.6 Å². The van der Waals surface area contributed by atoms with Crippen LogP contribution in [0.3, 0.4) is 0 Å². The molecule has 0 saturated carbocycles. The van der Waals surface area contributed by atoms with E-state index >= 15 is 0 Å². The molecule has 0 fully saturated rings. The molecule has 0 aromatic heterocycles. The molecule has 16 heavy (non-hydrogen) atoms. The van der Waals surface area contributed by atoms with Crippen LogP contribution >= 0.6 is 0 Å². The van der Waals surface area contributed by atoms with Crippen LogP contribution in [0.2, 0.25) is 0 Å². The minimum absolute atomic E-state index is 0.505. The Morgan fingerprint density at radius 1 is 1.38 bits per heavy atom. The number of aliphatic hydroxyl groups excluding tert-OH is 2. The average molecular weight is 225 g/mol. The number of hydrogen-bond acceptors (Lipinski definition) is 4. The first-order chi connectivity index (χ1) is 7.61. The Balaban J connectivity index is 0.000000293. The molecule has 0 aliphatic carbocycles. The van der Waals surface area contributed by atoms with E-state index in [1.807, 2.05) is 30.3 Å². The molecule has 0 spiro atoms. The van der Waals surface area contributed by atoms with Gasteiger partial charge in [0, 0.05) is 0 Å². The summed E-state index contributed by atoms with van der Waals surface area (Å²) in [7, 11) is 0. The molecule has 0 saturated heterocycles. The normalized spacial score (nSPS) is 11.6. The van der Waals surface area contributed by atoms with Gasteiger partial charge in [-0.3, -0.25) is 4.79 Å². The van der Waals surface area contributed by atoms with Crippen LogP contribution in [0.5, 0.6) is 0 Å². The number of aliphatic hydroxyl groups is 2. The first-order valence-electron chi connectivity index (χ1n) is 4.57. The van der Waals surface area contributed by atoms with Crippen LogP contribution in [-0.2, 0) is 4.79 Å². The number of carboxylic acid groups (broad SMARTS) is 1.